The Labute approximate surface area is 75.6 Å². The van der Waals surface area contributed by atoms with E-state index < -0.39 is 0 Å². The van der Waals surface area contributed by atoms with Crippen molar-refractivity contribution in [3.05, 3.63) is 22.4 Å². The van der Waals surface area contributed by atoms with Gasteiger partial charge in [0.15, 0.2) is 0 Å². The maximum Gasteiger partial charge on any atom is 0.231 e. The third-order valence-electron chi connectivity index (χ3n) is 1.55. The normalized spacial score (nSPS) is 12.8. The molecule has 0 aliphatic carbocycles. The summed E-state index contributed by atoms with van der Waals surface area (Å²) in [4.78, 5) is 11.7. The minimum Gasteiger partial charge on any atom is -0.369 e. The lowest BCUT2D eigenvalue weighted by molar-refractivity contribution is -0.117. The van der Waals surface area contributed by atoms with Crippen molar-refractivity contribution in [3.63, 3.8) is 0 Å². The topological polar surface area (TPSA) is 55.1 Å². The molecule has 0 aliphatic rings. The molecule has 0 aromatic carbocycles. The Kier molecular flexibility index (Phi) is 3.25. The van der Waals surface area contributed by atoms with Crippen LogP contribution in [0.15, 0.2) is 17.5 Å². The molecule has 3 N–H and O–H groups in total. The molecule has 0 saturated carbocycles. The molecule has 1 amide bonds. The number of thiophene rings is 1. The molecule has 1 aromatic heterocycles. The van der Waals surface area contributed by atoms with Gasteiger partial charge in [-0.05, 0) is 18.4 Å². The number of primary amides is 1. The van der Waals surface area contributed by atoms with E-state index in [2.05, 4.69) is 5.32 Å². The van der Waals surface area contributed by atoms with Crippen LogP contribution < -0.4 is 11.1 Å². The molecule has 3 nitrogen and oxygen atoms in total. The number of hydrogen-bond donors (Lipinski definition) is 2. The fraction of sp³-hybridized carbons (Fsp3) is 0.375. The van der Waals surface area contributed by atoms with Crippen LogP contribution in [0.1, 0.15) is 17.8 Å². The summed E-state index contributed by atoms with van der Waals surface area (Å²) in [7, 11) is 0. The lowest BCUT2D eigenvalue weighted by atomic mass is 10.3. The third-order valence-corrected chi connectivity index (χ3v) is 2.61. The van der Waals surface area contributed by atoms with Crippen LogP contribution in [0, 0.1) is 0 Å². The summed E-state index contributed by atoms with van der Waals surface area (Å²) in [6.45, 7) is 2.24. The summed E-state index contributed by atoms with van der Waals surface area (Å²) in [5, 5.41) is 5.03. The standard InChI is InChI=1S/C8H12N2OS/c1-6(10-5-8(9)11)7-3-2-4-12-7/h2-4,6,10H,5H2,1H3,(H2,9,11). The highest BCUT2D eigenvalue weighted by molar-refractivity contribution is 7.10. The van der Waals surface area contributed by atoms with Crippen LogP contribution in [0.25, 0.3) is 0 Å². The third kappa shape index (κ3) is 2.64. The maximum atomic E-state index is 10.4. The van der Waals surface area contributed by atoms with Gasteiger partial charge >= 0.3 is 0 Å². The molecule has 0 radical (unpaired) electrons. The van der Waals surface area contributed by atoms with Crippen molar-refractivity contribution < 1.29 is 4.79 Å². The van der Waals surface area contributed by atoms with Gasteiger partial charge in [0.1, 0.15) is 0 Å². The molecule has 66 valence electrons. The van der Waals surface area contributed by atoms with Gasteiger partial charge in [-0.2, -0.15) is 0 Å². The Morgan fingerprint density at radius 2 is 2.58 bits per heavy atom. The summed E-state index contributed by atoms with van der Waals surface area (Å²) in [6.07, 6.45) is 0. The van der Waals surface area contributed by atoms with Gasteiger partial charge in [0.25, 0.3) is 0 Å². The van der Waals surface area contributed by atoms with E-state index in [1.54, 1.807) is 11.3 Å². The zero-order chi connectivity index (χ0) is 8.97. The number of amides is 1. The van der Waals surface area contributed by atoms with Crippen molar-refractivity contribution in [1.29, 1.82) is 0 Å². The summed E-state index contributed by atoms with van der Waals surface area (Å²) >= 11 is 1.67. The SMILES string of the molecule is CC(NCC(N)=O)c1cccs1. The molecule has 1 rings (SSSR count). The average molecular weight is 184 g/mol. The Bertz CT molecular complexity index is 246. The first-order chi connectivity index (χ1) is 5.70. The molecular formula is C8H12N2OS. The predicted molar refractivity (Wildman–Crippen MR) is 49.9 cm³/mol. The first kappa shape index (κ1) is 9.22. The van der Waals surface area contributed by atoms with E-state index in [1.807, 2.05) is 24.4 Å². The molecule has 0 bridgehead atoms. The second-order valence-corrected chi connectivity index (χ2v) is 3.56. The molecule has 0 fully saturated rings. The monoisotopic (exact) mass is 184 g/mol. The summed E-state index contributed by atoms with van der Waals surface area (Å²) in [5.41, 5.74) is 5.00. The number of carbonyl (C=O) groups excluding carboxylic acids is 1. The Hall–Kier alpha value is -0.870. The van der Waals surface area contributed by atoms with Gasteiger partial charge in [-0.15, -0.1) is 11.3 Å². The largest absolute Gasteiger partial charge is 0.369 e. The zero-order valence-corrected chi connectivity index (χ0v) is 7.73. The number of nitrogens with two attached hydrogens (primary N) is 1. The van der Waals surface area contributed by atoms with E-state index >= 15 is 0 Å². The zero-order valence-electron chi connectivity index (χ0n) is 6.91. The van der Waals surface area contributed by atoms with Crippen molar-refractivity contribution in [2.24, 2.45) is 5.73 Å². The molecule has 12 heavy (non-hydrogen) atoms. The highest BCUT2D eigenvalue weighted by Gasteiger charge is 2.05. The van der Waals surface area contributed by atoms with Crippen molar-refractivity contribution in [1.82, 2.24) is 5.32 Å². The fourth-order valence-electron chi connectivity index (χ4n) is 0.892. The Morgan fingerprint density at radius 1 is 1.83 bits per heavy atom. The predicted octanol–water partition coefficient (Wildman–Crippen LogP) is 0.884. The molecule has 1 unspecified atom stereocenters. The molecule has 1 aromatic rings. The van der Waals surface area contributed by atoms with Crippen LogP contribution in [0.2, 0.25) is 0 Å². The van der Waals surface area contributed by atoms with E-state index in [0.717, 1.165) is 0 Å². The van der Waals surface area contributed by atoms with Gasteiger partial charge in [-0.25, -0.2) is 0 Å². The highest BCUT2D eigenvalue weighted by atomic mass is 32.1. The quantitative estimate of drug-likeness (QED) is 0.730. The summed E-state index contributed by atoms with van der Waals surface area (Å²) in [6, 6.07) is 4.23. The lowest BCUT2D eigenvalue weighted by Crippen LogP contribution is -2.30. The Morgan fingerprint density at radius 3 is 3.08 bits per heavy atom. The second kappa shape index (κ2) is 4.23. The van der Waals surface area contributed by atoms with Crippen LogP contribution in [0.3, 0.4) is 0 Å². The van der Waals surface area contributed by atoms with Gasteiger partial charge in [-0.3, -0.25) is 4.79 Å². The highest BCUT2D eigenvalue weighted by Crippen LogP contribution is 2.17. The number of nitrogens with one attached hydrogen (secondary N) is 1. The Balaban J connectivity index is 2.39. The summed E-state index contributed by atoms with van der Waals surface area (Å²) in [5.74, 6) is -0.321. The van der Waals surface area contributed by atoms with Gasteiger partial charge < -0.3 is 11.1 Å². The number of rotatable bonds is 4. The minimum absolute atomic E-state index is 0.206. The van der Waals surface area contributed by atoms with Crippen LogP contribution in [-0.2, 0) is 4.79 Å². The van der Waals surface area contributed by atoms with Gasteiger partial charge in [0.05, 0.1) is 6.54 Å². The van der Waals surface area contributed by atoms with Crippen LogP contribution in [0.5, 0.6) is 0 Å². The molecular weight excluding hydrogens is 172 g/mol. The second-order valence-electron chi connectivity index (χ2n) is 2.58. The molecule has 0 aliphatic heterocycles. The van der Waals surface area contributed by atoms with Crippen LogP contribution in [-0.4, -0.2) is 12.5 Å². The number of carbonyl (C=O) groups is 1. The first-order valence-electron chi connectivity index (χ1n) is 3.75. The van der Waals surface area contributed by atoms with E-state index in [9.17, 15) is 4.79 Å². The fourth-order valence-corrected chi connectivity index (χ4v) is 1.65. The smallest absolute Gasteiger partial charge is 0.231 e. The van der Waals surface area contributed by atoms with E-state index in [0.29, 0.717) is 0 Å². The molecule has 1 heterocycles. The van der Waals surface area contributed by atoms with Crippen molar-refractivity contribution in [2.45, 2.75) is 13.0 Å². The van der Waals surface area contributed by atoms with E-state index in [1.165, 1.54) is 4.88 Å². The van der Waals surface area contributed by atoms with Gasteiger partial charge in [0.2, 0.25) is 5.91 Å². The van der Waals surface area contributed by atoms with Gasteiger partial charge in [0, 0.05) is 10.9 Å². The lowest BCUT2D eigenvalue weighted by Gasteiger charge is -2.09. The summed E-state index contributed by atoms with van der Waals surface area (Å²) < 4.78 is 0. The molecule has 0 spiro atoms. The maximum absolute atomic E-state index is 10.4. The van der Waals surface area contributed by atoms with Crippen molar-refractivity contribution >= 4 is 17.2 Å². The molecule has 1 atom stereocenters. The first-order valence-corrected chi connectivity index (χ1v) is 4.63. The van der Waals surface area contributed by atoms with Crippen LogP contribution in [0.4, 0.5) is 0 Å². The van der Waals surface area contributed by atoms with E-state index in [-0.39, 0.29) is 18.5 Å². The van der Waals surface area contributed by atoms with Crippen molar-refractivity contribution in [3.8, 4) is 0 Å². The average Bonchev–Trinajstić information content (AvgIpc) is 2.51. The minimum atomic E-state index is -0.321. The van der Waals surface area contributed by atoms with E-state index in [4.69, 9.17) is 5.73 Å². The molecule has 0 saturated heterocycles. The van der Waals surface area contributed by atoms with Crippen LogP contribution >= 0.6 is 11.3 Å². The molecule has 4 heteroatoms. The number of hydrogen-bond acceptors (Lipinski definition) is 3. The van der Waals surface area contributed by atoms with Gasteiger partial charge in [-0.1, -0.05) is 6.07 Å². The van der Waals surface area contributed by atoms with Crippen molar-refractivity contribution in [2.75, 3.05) is 6.54 Å².